The van der Waals surface area contributed by atoms with Crippen molar-refractivity contribution in [1.82, 2.24) is 5.32 Å². The monoisotopic (exact) mass is 467 g/mol. The number of benzene rings is 3. The highest BCUT2D eigenvalue weighted by Gasteiger charge is 2.16. The Balaban J connectivity index is 1.65. The topological polar surface area (TPSA) is 106 Å². The number of carbonyl (C=O) groups excluding carboxylic acids is 1. The van der Waals surface area contributed by atoms with Crippen molar-refractivity contribution in [2.24, 2.45) is 0 Å². The Labute approximate surface area is 206 Å². The van der Waals surface area contributed by atoms with Crippen molar-refractivity contribution in [3.05, 3.63) is 100 Å². The molecule has 3 rings (SSSR count). The normalized spacial score (nSPS) is 11.4. The number of hydrogen-bond acceptors (Lipinski definition) is 5. The van der Waals surface area contributed by atoms with Crippen LogP contribution < -0.4 is 10.1 Å². The summed E-state index contributed by atoms with van der Waals surface area (Å²) in [6.07, 6.45) is 1.67. The van der Waals surface area contributed by atoms with Gasteiger partial charge < -0.3 is 15.2 Å². The van der Waals surface area contributed by atoms with E-state index in [0.717, 1.165) is 23.1 Å². The predicted octanol–water partition coefficient (Wildman–Crippen LogP) is 4.53. The van der Waals surface area contributed by atoms with Crippen LogP contribution in [0.1, 0.15) is 58.4 Å². The summed E-state index contributed by atoms with van der Waals surface area (Å²) < 4.78 is 5.63. The highest BCUT2D eigenvalue weighted by molar-refractivity contribution is 5.95. The van der Waals surface area contributed by atoms with Crippen LogP contribution in [0.25, 0.3) is 0 Å². The molecule has 0 aliphatic carbocycles. The lowest BCUT2D eigenvalue weighted by Gasteiger charge is -2.19. The molecule has 0 bridgehead atoms. The molecule has 2 N–H and O–H groups in total. The molecular formula is C29H29N3O3. The third-order valence-corrected chi connectivity index (χ3v) is 5.53. The van der Waals surface area contributed by atoms with E-state index in [-0.39, 0.29) is 24.7 Å². The van der Waals surface area contributed by atoms with Crippen molar-refractivity contribution in [1.29, 1.82) is 10.5 Å². The number of aliphatic hydroxyl groups is 1. The first-order chi connectivity index (χ1) is 16.9. The van der Waals surface area contributed by atoms with Crippen LogP contribution in [0.15, 0.2) is 66.7 Å². The zero-order valence-electron chi connectivity index (χ0n) is 20.0. The number of nitrogens with zero attached hydrogens (tertiary/aromatic N) is 2. The predicted molar refractivity (Wildman–Crippen MR) is 134 cm³/mol. The number of nitriles is 2. The largest absolute Gasteiger partial charge is 0.490 e. The average molecular weight is 468 g/mol. The molecule has 0 aromatic heterocycles. The fraction of sp³-hybridized carbons (Fsp3) is 0.276. The summed E-state index contributed by atoms with van der Waals surface area (Å²) in [5.74, 6) is 0.153. The molecule has 35 heavy (non-hydrogen) atoms. The lowest BCUT2D eigenvalue weighted by atomic mass is 9.99. The Morgan fingerprint density at radius 2 is 1.57 bits per heavy atom. The lowest BCUT2D eigenvalue weighted by Crippen LogP contribution is -2.37. The number of nitrogens with one attached hydrogen (secondary N) is 1. The van der Waals surface area contributed by atoms with Crippen molar-refractivity contribution >= 4 is 5.91 Å². The first-order valence-electron chi connectivity index (χ1n) is 11.6. The third-order valence-electron chi connectivity index (χ3n) is 5.53. The maximum absolute atomic E-state index is 12.9. The van der Waals surface area contributed by atoms with E-state index in [1.807, 2.05) is 50.2 Å². The minimum atomic E-state index is -0.298. The Bertz CT molecular complexity index is 1220. The van der Waals surface area contributed by atoms with Gasteiger partial charge in [0.15, 0.2) is 0 Å². The molecule has 6 heteroatoms. The van der Waals surface area contributed by atoms with Crippen LogP contribution in [-0.2, 0) is 12.8 Å². The smallest absolute Gasteiger partial charge is 0.251 e. The van der Waals surface area contributed by atoms with Gasteiger partial charge in [0.2, 0.25) is 0 Å². The van der Waals surface area contributed by atoms with Crippen molar-refractivity contribution in [3.8, 4) is 17.9 Å². The van der Waals surface area contributed by atoms with Gasteiger partial charge in [-0.3, -0.25) is 4.79 Å². The second-order valence-electron chi connectivity index (χ2n) is 8.68. The summed E-state index contributed by atoms with van der Waals surface area (Å²) in [6.45, 7) is 3.70. The lowest BCUT2D eigenvalue weighted by molar-refractivity contribution is 0.0930. The van der Waals surface area contributed by atoms with Gasteiger partial charge in [-0.05, 0) is 80.1 Å². The van der Waals surface area contributed by atoms with Gasteiger partial charge in [-0.25, -0.2) is 0 Å². The van der Waals surface area contributed by atoms with Gasteiger partial charge in [0.05, 0.1) is 23.3 Å². The zero-order valence-corrected chi connectivity index (χ0v) is 20.0. The molecule has 0 spiro atoms. The summed E-state index contributed by atoms with van der Waals surface area (Å²) >= 11 is 0. The summed E-state index contributed by atoms with van der Waals surface area (Å²) in [6, 6.07) is 24.5. The maximum atomic E-state index is 12.9. The molecule has 0 saturated heterocycles. The Kier molecular flexibility index (Phi) is 9.01. The van der Waals surface area contributed by atoms with E-state index in [1.165, 1.54) is 6.07 Å². The quantitative estimate of drug-likeness (QED) is 0.456. The molecule has 0 fully saturated rings. The number of carbonyl (C=O) groups is 1. The first kappa shape index (κ1) is 25.5. The Hall–Kier alpha value is -4.13. The highest BCUT2D eigenvalue weighted by atomic mass is 16.5. The molecule has 178 valence electrons. The SMILES string of the molecule is CC(C)Oc1ccc(C(=O)NC(CCO)Cc2ccc(Cc3ccc(C#N)cc3)cc2)cc1C#N. The van der Waals surface area contributed by atoms with E-state index >= 15 is 0 Å². The van der Waals surface area contributed by atoms with Crippen LogP contribution in [0, 0.1) is 22.7 Å². The minimum Gasteiger partial charge on any atom is -0.490 e. The van der Waals surface area contributed by atoms with Crippen molar-refractivity contribution in [2.75, 3.05) is 6.61 Å². The van der Waals surface area contributed by atoms with Gasteiger partial charge in [-0.2, -0.15) is 10.5 Å². The molecule has 3 aromatic rings. The van der Waals surface area contributed by atoms with E-state index in [0.29, 0.717) is 35.3 Å². The number of ether oxygens (including phenoxy) is 1. The molecule has 1 unspecified atom stereocenters. The molecule has 0 radical (unpaired) electrons. The second-order valence-corrected chi connectivity index (χ2v) is 8.68. The van der Waals surface area contributed by atoms with E-state index in [2.05, 4.69) is 29.6 Å². The number of aliphatic hydroxyl groups excluding tert-OH is 1. The van der Waals surface area contributed by atoms with Crippen LogP contribution in [-0.4, -0.2) is 29.8 Å². The van der Waals surface area contributed by atoms with E-state index in [1.54, 1.807) is 12.1 Å². The number of amides is 1. The third kappa shape index (κ3) is 7.43. The fourth-order valence-electron chi connectivity index (χ4n) is 3.78. The van der Waals surface area contributed by atoms with Gasteiger partial charge in [-0.15, -0.1) is 0 Å². The van der Waals surface area contributed by atoms with E-state index in [4.69, 9.17) is 10.00 Å². The molecule has 0 heterocycles. The molecule has 0 aliphatic rings. The molecule has 3 aromatic carbocycles. The molecule has 1 amide bonds. The van der Waals surface area contributed by atoms with Crippen LogP contribution in [0.5, 0.6) is 5.75 Å². The van der Waals surface area contributed by atoms with Crippen molar-refractivity contribution in [2.45, 2.75) is 45.3 Å². The van der Waals surface area contributed by atoms with Crippen molar-refractivity contribution in [3.63, 3.8) is 0 Å². The first-order valence-corrected chi connectivity index (χ1v) is 11.6. The zero-order chi connectivity index (χ0) is 25.2. The van der Waals surface area contributed by atoms with E-state index in [9.17, 15) is 15.2 Å². The van der Waals surface area contributed by atoms with Gasteiger partial charge in [0.25, 0.3) is 5.91 Å². The molecule has 6 nitrogen and oxygen atoms in total. The summed E-state index contributed by atoms with van der Waals surface area (Å²) in [5, 5.41) is 30.9. The molecule has 0 aliphatic heterocycles. The number of hydrogen-bond donors (Lipinski definition) is 2. The van der Waals surface area contributed by atoms with Gasteiger partial charge >= 0.3 is 0 Å². The molecule has 1 atom stereocenters. The van der Waals surface area contributed by atoms with Crippen LogP contribution in [0.2, 0.25) is 0 Å². The number of rotatable bonds is 10. The van der Waals surface area contributed by atoms with Crippen LogP contribution in [0.3, 0.4) is 0 Å². The van der Waals surface area contributed by atoms with E-state index < -0.39 is 0 Å². The highest BCUT2D eigenvalue weighted by Crippen LogP contribution is 2.21. The standard InChI is InChI=1S/C29H29N3O3/c1-20(2)35-28-12-11-25(17-26(28)19-31)29(34)32-27(13-14-33)16-23-5-3-21(4-6-23)15-22-7-9-24(18-30)10-8-22/h3-12,17,20,27,33H,13-16H2,1-2H3,(H,32,34). The Morgan fingerprint density at radius 1 is 0.943 bits per heavy atom. The fourth-order valence-corrected chi connectivity index (χ4v) is 3.78. The summed E-state index contributed by atoms with van der Waals surface area (Å²) in [7, 11) is 0. The second kappa shape index (κ2) is 12.4. The van der Waals surface area contributed by atoms with Crippen LogP contribution >= 0.6 is 0 Å². The van der Waals surface area contributed by atoms with Crippen LogP contribution in [0.4, 0.5) is 0 Å². The summed E-state index contributed by atoms with van der Waals surface area (Å²) in [4.78, 5) is 12.9. The summed E-state index contributed by atoms with van der Waals surface area (Å²) in [5.41, 5.74) is 4.65. The maximum Gasteiger partial charge on any atom is 0.251 e. The Morgan fingerprint density at radius 3 is 2.14 bits per heavy atom. The van der Waals surface area contributed by atoms with Gasteiger partial charge in [0, 0.05) is 18.2 Å². The minimum absolute atomic E-state index is 0.0493. The van der Waals surface area contributed by atoms with Gasteiger partial charge in [-0.1, -0.05) is 36.4 Å². The van der Waals surface area contributed by atoms with Gasteiger partial charge in [0.1, 0.15) is 11.8 Å². The molecule has 0 saturated carbocycles. The van der Waals surface area contributed by atoms with Crippen molar-refractivity contribution < 1.29 is 14.6 Å². The average Bonchev–Trinajstić information content (AvgIpc) is 2.85. The molecular weight excluding hydrogens is 438 g/mol.